The second kappa shape index (κ2) is 16.7. The maximum absolute atomic E-state index is 15.3. The highest BCUT2D eigenvalue weighted by molar-refractivity contribution is 6.31. The van der Waals surface area contributed by atoms with Gasteiger partial charge in [0.05, 0.1) is 11.1 Å². The van der Waals surface area contributed by atoms with Crippen molar-refractivity contribution in [2.75, 3.05) is 51.5 Å². The molecule has 10 rings (SSSR count). The first-order chi connectivity index (χ1) is 28.2. The number of fused-ring (bicyclic) bond motifs is 4. The number of hydrogen-bond donors (Lipinski definition) is 1. The first-order valence-electron chi connectivity index (χ1n) is 20.0. The van der Waals surface area contributed by atoms with E-state index in [9.17, 15) is 5.11 Å². The third-order valence-electron chi connectivity index (χ3n) is 12.5. The number of aromatic hydroxyl groups is 1. The van der Waals surface area contributed by atoms with E-state index in [1.54, 1.807) is 29.2 Å². The van der Waals surface area contributed by atoms with Crippen LogP contribution in [0.3, 0.4) is 0 Å². The van der Waals surface area contributed by atoms with Crippen molar-refractivity contribution in [2.45, 2.75) is 38.4 Å². The number of phenols is 1. The molecule has 11 nitrogen and oxygen atoms in total. The van der Waals surface area contributed by atoms with Crippen LogP contribution in [0.2, 0.25) is 5.02 Å². The first kappa shape index (κ1) is 41.6. The highest BCUT2D eigenvalue weighted by Crippen LogP contribution is 2.43. The van der Waals surface area contributed by atoms with E-state index in [0.717, 1.165) is 77.6 Å². The topological polar surface area (TPSA) is 95.7 Å². The number of likely N-dealkylation sites (N-methyl/N-ethyl adjacent to an activating group) is 1. The predicted molar refractivity (Wildman–Crippen MR) is 239 cm³/mol. The molecule has 1 N–H and O–H groups in total. The summed E-state index contributed by atoms with van der Waals surface area (Å²) >= 11 is 6.80. The van der Waals surface area contributed by atoms with Gasteiger partial charge in [-0.05, 0) is 110 Å². The van der Waals surface area contributed by atoms with Crippen molar-refractivity contribution in [2.24, 2.45) is 7.05 Å². The smallest absolute Gasteiger partial charge is 0.264 e. The molecule has 2 aromatic heterocycles. The predicted octanol–water partition coefficient (Wildman–Crippen LogP) is 8.32. The summed E-state index contributed by atoms with van der Waals surface area (Å²) in [7, 11) is 4.15. The number of halogens is 3. The van der Waals surface area contributed by atoms with Gasteiger partial charge in [0.1, 0.15) is 5.75 Å². The zero-order valence-electron chi connectivity index (χ0n) is 33.5. The highest BCUT2D eigenvalue weighted by Gasteiger charge is 2.37. The number of amides is 2. The van der Waals surface area contributed by atoms with Gasteiger partial charge in [0.15, 0.2) is 11.5 Å². The maximum Gasteiger partial charge on any atom is 0.264 e. The van der Waals surface area contributed by atoms with Gasteiger partial charge in [0, 0.05) is 109 Å². The maximum atomic E-state index is 15.3. The average molecular weight is 870 g/mol. The standard InChI is InChI=1S/C46H45ClN6O5.2ClH/c1-48-17-19-50(20-18-48)27-33-22-35-30(5-3-6-39(35)47)26-52(33)45(55)37-25-44-43(57-28-58-44)24-36(37)42-23-38(41-7-4-15-51(41)42)46(56)53(31-8-11-34(54)12-9-31)32-10-13-40-29(21-32)14-16-49(40)2;;/h3,5-6,8-14,16,21,23-25,33,54H,4,7,15,17-20,22,26-28H2,1-2H3;2*1H/t33-;;/m0../s1. The summed E-state index contributed by atoms with van der Waals surface area (Å²) in [6.45, 7) is 5.79. The minimum absolute atomic E-state index is 0. The van der Waals surface area contributed by atoms with E-state index in [2.05, 4.69) is 32.0 Å². The fraction of sp³-hybridized carbons (Fsp3) is 0.304. The fourth-order valence-corrected chi connectivity index (χ4v) is 9.57. The van der Waals surface area contributed by atoms with Gasteiger partial charge in [-0.3, -0.25) is 19.4 Å². The molecule has 14 heteroatoms. The van der Waals surface area contributed by atoms with Crippen LogP contribution < -0.4 is 14.4 Å². The van der Waals surface area contributed by atoms with Crippen molar-refractivity contribution in [1.82, 2.24) is 23.8 Å². The molecule has 1 fully saturated rings. The quantitative estimate of drug-likeness (QED) is 0.173. The molecule has 0 spiro atoms. The van der Waals surface area contributed by atoms with E-state index in [1.165, 1.54) is 0 Å². The van der Waals surface area contributed by atoms with Gasteiger partial charge in [-0.2, -0.15) is 0 Å². The summed E-state index contributed by atoms with van der Waals surface area (Å²) in [6, 6.07) is 26.3. The SMILES string of the molecule is CN1CCN(C[C@@H]2Cc3c(Cl)cccc3CN2C(=O)c2cc3c(cc2-c2cc(C(=O)N(c4ccc(O)cc4)c4ccc5c(ccn5C)c4)c4n2CCC4)OCO3)CC1.Cl.Cl. The summed E-state index contributed by atoms with van der Waals surface area (Å²) in [5.41, 5.74) is 8.06. The average Bonchev–Trinajstić information content (AvgIpc) is 4.04. The Kier molecular flexibility index (Phi) is 11.6. The zero-order chi connectivity index (χ0) is 39.7. The number of benzene rings is 4. The van der Waals surface area contributed by atoms with E-state index >= 15 is 9.59 Å². The van der Waals surface area contributed by atoms with Gasteiger partial charge in [-0.25, -0.2) is 0 Å². The number of aryl methyl sites for hydroxylation is 1. The van der Waals surface area contributed by atoms with Crippen LogP contribution in [0, 0.1) is 0 Å². The number of ether oxygens (including phenoxy) is 2. The van der Waals surface area contributed by atoms with Gasteiger partial charge in [-0.1, -0.05) is 23.7 Å². The van der Waals surface area contributed by atoms with Crippen LogP contribution in [0.15, 0.2) is 91.1 Å². The van der Waals surface area contributed by atoms with Crippen LogP contribution in [-0.2, 0) is 33.0 Å². The Morgan fingerprint density at radius 3 is 2.38 bits per heavy atom. The Bertz CT molecular complexity index is 2600. The molecule has 1 saturated heterocycles. The van der Waals surface area contributed by atoms with Gasteiger partial charge in [-0.15, -0.1) is 24.8 Å². The lowest BCUT2D eigenvalue weighted by Crippen LogP contribution is -2.53. The molecule has 4 aliphatic rings. The van der Waals surface area contributed by atoms with Crippen LogP contribution in [0.5, 0.6) is 17.2 Å². The Balaban J connectivity index is 0.00000249. The number of carbonyl (C=O) groups excluding carboxylic acids is 2. The summed E-state index contributed by atoms with van der Waals surface area (Å²) < 4.78 is 16.1. The van der Waals surface area contributed by atoms with Crippen molar-refractivity contribution in [1.29, 1.82) is 0 Å². The normalized spacial score (nSPS) is 17.2. The number of phenolic OH excluding ortho intramolecular Hbond substituents is 1. The fourth-order valence-electron chi connectivity index (χ4n) is 9.29. The van der Waals surface area contributed by atoms with Crippen molar-refractivity contribution in [3.8, 4) is 28.5 Å². The number of piperazine rings is 1. The van der Waals surface area contributed by atoms with E-state index in [4.69, 9.17) is 21.1 Å². The second-order valence-electron chi connectivity index (χ2n) is 16.0. The lowest BCUT2D eigenvalue weighted by atomic mass is 9.91. The molecule has 0 radical (unpaired) electrons. The van der Waals surface area contributed by atoms with Crippen molar-refractivity contribution >= 4 is 70.5 Å². The molecule has 60 heavy (non-hydrogen) atoms. The van der Waals surface area contributed by atoms with Crippen LogP contribution in [-0.4, -0.2) is 93.4 Å². The molecule has 6 aromatic rings. The van der Waals surface area contributed by atoms with Crippen LogP contribution >= 0.6 is 36.4 Å². The van der Waals surface area contributed by atoms with Crippen LogP contribution in [0.1, 0.15) is 44.0 Å². The lowest BCUT2D eigenvalue weighted by molar-refractivity contribution is 0.0536. The Labute approximate surface area is 366 Å². The summed E-state index contributed by atoms with van der Waals surface area (Å²) in [5.74, 6) is 0.930. The number of rotatable bonds is 7. The first-order valence-corrected chi connectivity index (χ1v) is 20.4. The Morgan fingerprint density at radius 2 is 1.60 bits per heavy atom. The van der Waals surface area contributed by atoms with Crippen molar-refractivity contribution < 1.29 is 24.2 Å². The minimum Gasteiger partial charge on any atom is -0.508 e. The molecule has 4 aliphatic heterocycles. The largest absolute Gasteiger partial charge is 0.508 e. The van der Waals surface area contributed by atoms with Crippen molar-refractivity contribution in [3.63, 3.8) is 0 Å². The third kappa shape index (κ3) is 7.36. The molecular weight excluding hydrogens is 823 g/mol. The van der Waals surface area contributed by atoms with E-state index in [0.29, 0.717) is 65.5 Å². The molecule has 0 bridgehead atoms. The molecule has 2 amide bonds. The number of hydrogen-bond acceptors (Lipinski definition) is 7. The molecular formula is C46H47Cl3N6O5. The highest BCUT2D eigenvalue weighted by atomic mass is 35.5. The molecule has 0 unspecified atom stereocenters. The van der Waals surface area contributed by atoms with Gasteiger partial charge >= 0.3 is 0 Å². The Hall–Kier alpha value is -5.17. The van der Waals surface area contributed by atoms with Crippen LogP contribution in [0.25, 0.3) is 22.2 Å². The van der Waals surface area contributed by atoms with Crippen molar-refractivity contribution in [3.05, 3.63) is 124 Å². The lowest BCUT2D eigenvalue weighted by Gasteiger charge is -2.42. The van der Waals surface area contributed by atoms with E-state index in [-0.39, 0.29) is 55.2 Å². The van der Waals surface area contributed by atoms with Gasteiger partial charge in [0.25, 0.3) is 11.8 Å². The third-order valence-corrected chi connectivity index (χ3v) is 12.8. The molecule has 4 aromatic carbocycles. The minimum atomic E-state index is -0.191. The van der Waals surface area contributed by atoms with Gasteiger partial charge < -0.3 is 33.5 Å². The number of aromatic nitrogens is 2. The number of carbonyl (C=O) groups is 2. The van der Waals surface area contributed by atoms with Crippen LogP contribution in [0.4, 0.5) is 11.4 Å². The number of nitrogens with zero attached hydrogens (tertiary/aromatic N) is 6. The molecule has 312 valence electrons. The van der Waals surface area contributed by atoms with E-state index < -0.39 is 0 Å². The summed E-state index contributed by atoms with van der Waals surface area (Å²) in [6.07, 6.45) is 4.24. The summed E-state index contributed by atoms with van der Waals surface area (Å²) in [4.78, 5) is 39.0. The summed E-state index contributed by atoms with van der Waals surface area (Å²) in [5, 5.41) is 11.9. The molecule has 0 saturated carbocycles. The monoisotopic (exact) mass is 868 g/mol. The number of anilines is 2. The zero-order valence-corrected chi connectivity index (χ0v) is 35.9. The van der Waals surface area contributed by atoms with Gasteiger partial charge in [0.2, 0.25) is 6.79 Å². The second-order valence-corrected chi connectivity index (χ2v) is 16.4. The molecule has 1 atom stereocenters. The Morgan fingerprint density at radius 1 is 0.850 bits per heavy atom. The molecule has 6 heterocycles. The molecule has 0 aliphatic carbocycles. The van der Waals surface area contributed by atoms with E-state index in [1.807, 2.05) is 72.7 Å².